The molecule has 3 nitrogen and oxygen atoms in total. The van der Waals surface area contributed by atoms with Gasteiger partial charge in [-0.15, -0.1) is 0 Å². The molecule has 1 heterocycles. The van der Waals surface area contributed by atoms with Crippen molar-refractivity contribution in [1.29, 1.82) is 0 Å². The van der Waals surface area contributed by atoms with Crippen molar-refractivity contribution >= 4 is 5.78 Å². The van der Waals surface area contributed by atoms with E-state index in [2.05, 4.69) is 18.7 Å². The summed E-state index contributed by atoms with van der Waals surface area (Å²) in [4.78, 5) is 14.8. The first-order chi connectivity index (χ1) is 8.09. The molecule has 1 aliphatic heterocycles. The highest BCUT2D eigenvalue weighted by molar-refractivity contribution is 5.87. The second kappa shape index (κ2) is 5.49. The summed E-state index contributed by atoms with van der Waals surface area (Å²) < 4.78 is 5.46. The largest absolute Gasteiger partial charge is 0.380 e. The zero-order valence-corrected chi connectivity index (χ0v) is 11.2. The van der Waals surface area contributed by atoms with Gasteiger partial charge in [0.15, 0.2) is 0 Å². The van der Waals surface area contributed by atoms with Crippen molar-refractivity contribution in [1.82, 2.24) is 4.90 Å². The Morgan fingerprint density at radius 2 is 2.12 bits per heavy atom. The van der Waals surface area contributed by atoms with Gasteiger partial charge in [0.1, 0.15) is 5.78 Å². The molecular weight excluding hydrogens is 214 g/mol. The van der Waals surface area contributed by atoms with Gasteiger partial charge in [0.05, 0.1) is 6.61 Å². The first kappa shape index (κ1) is 13.0. The van der Waals surface area contributed by atoms with Crippen LogP contribution in [0.3, 0.4) is 0 Å². The molecule has 0 radical (unpaired) electrons. The molecule has 98 valence electrons. The predicted octanol–water partition coefficient (Wildman–Crippen LogP) is 2.10. The molecule has 1 unspecified atom stereocenters. The van der Waals surface area contributed by atoms with E-state index in [1.165, 1.54) is 6.42 Å². The number of Topliss-reactive ketones (excluding diaryl/α,β-unsaturated/α-hetero) is 1. The smallest absolute Gasteiger partial charge is 0.142 e. The highest BCUT2D eigenvalue weighted by Gasteiger charge is 2.37. The lowest BCUT2D eigenvalue weighted by molar-refractivity contribution is -0.135. The van der Waals surface area contributed by atoms with Gasteiger partial charge in [-0.1, -0.05) is 20.3 Å². The van der Waals surface area contributed by atoms with Crippen LogP contribution in [0.1, 0.15) is 39.5 Å². The van der Waals surface area contributed by atoms with Gasteiger partial charge in [0.2, 0.25) is 0 Å². The fraction of sp³-hybridized carbons (Fsp3) is 0.929. The van der Waals surface area contributed by atoms with Gasteiger partial charge in [-0.05, 0) is 19.3 Å². The molecule has 1 atom stereocenters. The molecule has 1 aliphatic carbocycles. The SMILES string of the molecule is CC1(C)CCCC(CN2CCCOCC2)C1=O. The molecule has 1 saturated heterocycles. The Labute approximate surface area is 105 Å². The summed E-state index contributed by atoms with van der Waals surface area (Å²) in [6, 6.07) is 0. The summed E-state index contributed by atoms with van der Waals surface area (Å²) in [7, 11) is 0. The van der Waals surface area contributed by atoms with Crippen LogP contribution in [0.5, 0.6) is 0 Å². The van der Waals surface area contributed by atoms with Gasteiger partial charge >= 0.3 is 0 Å². The van der Waals surface area contributed by atoms with E-state index < -0.39 is 0 Å². The van der Waals surface area contributed by atoms with Crippen molar-refractivity contribution in [2.45, 2.75) is 39.5 Å². The lowest BCUT2D eigenvalue weighted by Crippen LogP contribution is -2.42. The Kier molecular flexibility index (Phi) is 4.21. The third kappa shape index (κ3) is 3.29. The lowest BCUT2D eigenvalue weighted by atomic mass is 9.71. The monoisotopic (exact) mass is 239 g/mol. The standard InChI is InChI=1S/C14H25NO2/c1-14(2)6-3-5-12(13(14)16)11-15-7-4-9-17-10-8-15/h12H,3-11H2,1-2H3. The fourth-order valence-electron chi connectivity index (χ4n) is 3.06. The van der Waals surface area contributed by atoms with Crippen molar-refractivity contribution in [3.05, 3.63) is 0 Å². The molecule has 0 aromatic rings. The van der Waals surface area contributed by atoms with Gasteiger partial charge in [0.25, 0.3) is 0 Å². The van der Waals surface area contributed by atoms with Crippen LogP contribution >= 0.6 is 0 Å². The lowest BCUT2D eigenvalue weighted by Gasteiger charge is -2.36. The van der Waals surface area contributed by atoms with E-state index in [0.717, 1.165) is 52.1 Å². The number of rotatable bonds is 2. The van der Waals surface area contributed by atoms with Gasteiger partial charge in [0, 0.05) is 37.6 Å². The molecule has 17 heavy (non-hydrogen) atoms. The van der Waals surface area contributed by atoms with Crippen molar-refractivity contribution in [2.24, 2.45) is 11.3 Å². The topological polar surface area (TPSA) is 29.5 Å². The van der Waals surface area contributed by atoms with E-state index in [1.807, 2.05) is 0 Å². The number of carbonyl (C=O) groups excluding carboxylic acids is 1. The second-order valence-corrected chi connectivity index (χ2v) is 6.10. The molecule has 1 saturated carbocycles. The zero-order chi connectivity index (χ0) is 12.3. The Hall–Kier alpha value is -0.410. The molecule has 0 aromatic carbocycles. The highest BCUT2D eigenvalue weighted by atomic mass is 16.5. The maximum atomic E-state index is 12.3. The van der Waals surface area contributed by atoms with Crippen LogP contribution < -0.4 is 0 Å². The number of hydrogen-bond donors (Lipinski definition) is 0. The quantitative estimate of drug-likeness (QED) is 0.739. The Morgan fingerprint density at radius 3 is 2.94 bits per heavy atom. The van der Waals surface area contributed by atoms with E-state index in [0.29, 0.717) is 5.78 Å². The third-order valence-corrected chi connectivity index (χ3v) is 4.19. The minimum atomic E-state index is -0.0920. The van der Waals surface area contributed by atoms with E-state index >= 15 is 0 Å². The summed E-state index contributed by atoms with van der Waals surface area (Å²) in [6.07, 6.45) is 4.45. The number of carbonyl (C=O) groups is 1. The van der Waals surface area contributed by atoms with Crippen LogP contribution in [0.4, 0.5) is 0 Å². The average molecular weight is 239 g/mol. The Balaban J connectivity index is 1.91. The van der Waals surface area contributed by atoms with Gasteiger partial charge in [-0.2, -0.15) is 0 Å². The maximum absolute atomic E-state index is 12.3. The number of ketones is 1. The van der Waals surface area contributed by atoms with E-state index in [9.17, 15) is 4.79 Å². The number of hydrogen-bond acceptors (Lipinski definition) is 3. The van der Waals surface area contributed by atoms with E-state index in [1.54, 1.807) is 0 Å². The molecule has 0 aromatic heterocycles. The van der Waals surface area contributed by atoms with Crippen LogP contribution in [0.15, 0.2) is 0 Å². The third-order valence-electron chi connectivity index (χ3n) is 4.19. The minimum absolute atomic E-state index is 0.0920. The highest BCUT2D eigenvalue weighted by Crippen LogP contribution is 2.35. The Bertz CT molecular complexity index is 267. The van der Waals surface area contributed by atoms with Gasteiger partial charge in [-0.25, -0.2) is 0 Å². The molecule has 2 fully saturated rings. The van der Waals surface area contributed by atoms with Crippen LogP contribution in [0, 0.1) is 11.3 Å². The fourth-order valence-corrected chi connectivity index (χ4v) is 3.06. The van der Waals surface area contributed by atoms with Crippen LogP contribution in [0.25, 0.3) is 0 Å². The van der Waals surface area contributed by atoms with Crippen molar-refractivity contribution in [2.75, 3.05) is 32.8 Å². The molecule has 0 bridgehead atoms. The van der Waals surface area contributed by atoms with Crippen LogP contribution in [0.2, 0.25) is 0 Å². The summed E-state index contributed by atoms with van der Waals surface area (Å²) in [5.74, 6) is 0.741. The maximum Gasteiger partial charge on any atom is 0.142 e. The van der Waals surface area contributed by atoms with Gasteiger partial charge < -0.3 is 9.64 Å². The average Bonchev–Trinajstić information content (AvgIpc) is 2.53. The molecule has 3 heteroatoms. The van der Waals surface area contributed by atoms with Crippen molar-refractivity contribution in [3.8, 4) is 0 Å². The predicted molar refractivity (Wildman–Crippen MR) is 68.0 cm³/mol. The number of nitrogens with zero attached hydrogens (tertiary/aromatic N) is 1. The van der Waals surface area contributed by atoms with Crippen molar-refractivity contribution < 1.29 is 9.53 Å². The molecule has 0 amide bonds. The summed E-state index contributed by atoms with van der Waals surface area (Å²) in [6.45, 7) is 8.94. The molecule has 2 rings (SSSR count). The minimum Gasteiger partial charge on any atom is -0.380 e. The first-order valence-electron chi connectivity index (χ1n) is 6.94. The molecule has 0 N–H and O–H groups in total. The van der Waals surface area contributed by atoms with Crippen molar-refractivity contribution in [3.63, 3.8) is 0 Å². The molecule has 0 spiro atoms. The second-order valence-electron chi connectivity index (χ2n) is 6.10. The summed E-state index contributed by atoms with van der Waals surface area (Å²) in [5, 5.41) is 0. The van der Waals surface area contributed by atoms with Crippen LogP contribution in [-0.2, 0) is 9.53 Å². The molecule has 2 aliphatic rings. The first-order valence-corrected chi connectivity index (χ1v) is 6.94. The zero-order valence-electron chi connectivity index (χ0n) is 11.2. The van der Waals surface area contributed by atoms with Crippen LogP contribution in [-0.4, -0.2) is 43.5 Å². The summed E-state index contributed by atoms with van der Waals surface area (Å²) in [5.41, 5.74) is -0.0920. The normalized spacial score (nSPS) is 31.2. The number of ether oxygens (including phenoxy) is 1. The van der Waals surface area contributed by atoms with E-state index in [4.69, 9.17) is 4.74 Å². The summed E-state index contributed by atoms with van der Waals surface area (Å²) >= 11 is 0. The molecular formula is C14H25NO2. The van der Waals surface area contributed by atoms with E-state index in [-0.39, 0.29) is 11.3 Å². The van der Waals surface area contributed by atoms with Gasteiger partial charge in [-0.3, -0.25) is 4.79 Å². The Morgan fingerprint density at radius 1 is 1.29 bits per heavy atom.